The molecule has 2 aromatic heterocycles. The number of aliphatic hydroxyl groups is 1. The molecule has 3 aromatic rings. The number of nitrogens with one attached hydrogen (secondary N) is 1. The van der Waals surface area contributed by atoms with E-state index in [-0.39, 0.29) is 18.1 Å². The van der Waals surface area contributed by atoms with Gasteiger partial charge in [0, 0.05) is 49.4 Å². The molecule has 7 nitrogen and oxygen atoms in total. The van der Waals surface area contributed by atoms with Gasteiger partial charge in [-0.2, -0.15) is 0 Å². The lowest BCUT2D eigenvalue weighted by molar-refractivity contribution is -0.114. The summed E-state index contributed by atoms with van der Waals surface area (Å²) in [6, 6.07) is 15.2. The number of pyridine rings is 1. The smallest absolute Gasteiger partial charge is 0.258 e. The third-order valence-electron chi connectivity index (χ3n) is 6.45. The van der Waals surface area contributed by atoms with E-state index in [1.807, 2.05) is 47.0 Å². The maximum absolute atomic E-state index is 13.4. The number of carbonyl (C=O) groups is 1. The molecule has 2 bridgehead atoms. The molecule has 4 heterocycles. The van der Waals surface area contributed by atoms with Crippen LogP contribution in [0.4, 0.5) is 5.69 Å². The molecule has 1 fully saturated rings. The van der Waals surface area contributed by atoms with E-state index in [0.29, 0.717) is 23.2 Å². The molecule has 1 saturated heterocycles. The highest BCUT2D eigenvalue weighted by molar-refractivity contribution is 5.88. The van der Waals surface area contributed by atoms with Crippen molar-refractivity contribution < 1.29 is 14.3 Å². The Morgan fingerprint density at radius 1 is 1.06 bits per heavy atom. The van der Waals surface area contributed by atoms with Gasteiger partial charge in [0.25, 0.3) is 5.56 Å². The van der Waals surface area contributed by atoms with Gasteiger partial charge in [0.2, 0.25) is 5.91 Å². The lowest BCUT2D eigenvalue weighted by atomic mass is 9.82. The van der Waals surface area contributed by atoms with Crippen LogP contribution < -0.4 is 10.9 Å². The average Bonchev–Trinajstić information content (AvgIpc) is 3.22. The first kappa shape index (κ1) is 20.7. The van der Waals surface area contributed by atoms with Crippen molar-refractivity contribution in [1.82, 2.24) is 9.47 Å². The monoisotopic (exact) mass is 433 g/mol. The third-order valence-corrected chi connectivity index (χ3v) is 6.45. The Kier molecular flexibility index (Phi) is 5.45. The molecule has 0 unspecified atom stereocenters. The molecular weight excluding hydrogens is 406 g/mol. The van der Waals surface area contributed by atoms with Crippen molar-refractivity contribution in [1.29, 1.82) is 0 Å². The summed E-state index contributed by atoms with van der Waals surface area (Å²) in [5.74, 6) is 2.08. The Balaban J connectivity index is 1.37. The lowest BCUT2D eigenvalue weighted by Crippen LogP contribution is -2.46. The van der Waals surface area contributed by atoms with Gasteiger partial charge in [0.1, 0.15) is 18.1 Å². The lowest BCUT2D eigenvalue weighted by Gasteiger charge is -2.42. The highest BCUT2D eigenvalue weighted by atomic mass is 16.4. The van der Waals surface area contributed by atoms with Crippen molar-refractivity contribution in [2.45, 2.75) is 39.0 Å². The molecule has 0 radical (unpaired) electrons. The summed E-state index contributed by atoms with van der Waals surface area (Å²) in [6.45, 7) is 4.64. The summed E-state index contributed by atoms with van der Waals surface area (Å²) in [4.78, 5) is 27.0. The molecule has 7 heteroatoms. The minimum Gasteiger partial charge on any atom is -0.462 e. The van der Waals surface area contributed by atoms with E-state index in [2.05, 4.69) is 16.3 Å². The second-order valence-electron chi connectivity index (χ2n) is 8.87. The van der Waals surface area contributed by atoms with Crippen LogP contribution in [0.15, 0.2) is 57.7 Å². The van der Waals surface area contributed by atoms with Crippen LogP contribution >= 0.6 is 0 Å². The van der Waals surface area contributed by atoms with Gasteiger partial charge in [-0.1, -0.05) is 12.1 Å². The third kappa shape index (κ3) is 4.01. The number of hydrogen-bond donors (Lipinski definition) is 2. The number of rotatable bonds is 5. The maximum Gasteiger partial charge on any atom is 0.258 e. The van der Waals surface area contributed by atoms with Crippen LogP contribution in [-0.4, -0.2) is 33.6 Å². The van der Waals surface area contributed by atoms with Crippen molar-refractivity contribution in [3.8, 4) is 11.1 Å². The quantitative estimate of drug-likeness (QED) is 0.645. The number of anilines is 1. The van der Waals surface area contributed by atoms with Crippen molar-refractivity contribution in [2.24, 2.45) is 5.92 Å². The molecular formula is C25H27N3O4. The van der Waals surface area contributed by atoms with Crippen LogP contribution in [0, 0.1) is 5.92 Å². The molecule has 2 aliphatic rings. The fourth-order valence-corrected chi connectivity index (χ4v) is 5.14. The fraction of sp³-hybridized carbons (Fsp3) is 0.360. The largest absolute Gasteiger partial charge is 0.462 e. The van der Waals surface area contributed by atoms with Crippen molar-refractivity contribution in [3.63, 3.8) is 0 Å². The molecule has 5 rings (SSSR count). The predicted molar refractivity (Wildman–Crippen MR) is 121 cm³/mol. The molecule has 2 aliphatic heterocycles. The molecule has 1 aromatic carbocycles. The zero-order valence-corrected chi connectivity index (χ0v) is 18.1. The Morgan fingerprint density at radius 2 is 1.84 bits per heavy atom. The van der Waals surface area contributed by atoms with Crippen LogP contribution in [-0.2, 0) is 24.5 Å². The first-order valence-corrected chi connectivity index (χ1v) is 11.0. The van der Waals surface area contributed by atoms with E-state index in [9.17, 15) is 14.7 Å². The van der Waals surface area contributed by atoms with Gasteiger partial charge in [-0.05, 0) is 54.3 Å². The summed E-state index contributed by atoms with van der Waals surface area (Å²) >= 11 is 0. The van der Waals surface area contributed by atoms with Crippen molar-refractivity contribution in [3.05, 3.63) is 76.1 Å². The predicted octanol–water partition coefficient (Wildman–Crippen LogP) is 3.18. The molecule has 2 N–H and O–H groups in total. The van der Waals surface area contributed by atoms with Gasteiger partial charge >= 0.3 is 0 Å². The van der Waals surface area contributed by atoms with E-state index in [1.54, 1.807) is 0 Å². The molecule has 1 amide bonds. The van der Waals surface area contributed by atoms with Crippen molar-refractivity contribution >= 4 is 11.6 Å². The van der Waals surface area contributed by atoms with Crippen molar-refractivity contribution in [2.75, 3.05) is 18.4 Å². The summed E-state index contributed by atoms with van der Waals surface area (Å²) < 4.78 is 7.63. The molecule has 32 heavy (non-hydrogen) atoms. The second kappa shape index (κ2) is 8.41. The number of likely N-dealkylation sites (tertiary alicyclic amines) is 1. The standard InChI is InChI=1S/C25H27N3O4/c1-16(30)26-20-4-2-18(3-5-20)23-8-9-24-19-10-17(12-28(24)25(23)31)11-27(13-19)14-21-6-7-22(15-29)32-21/h2-9,17,19,29H,10-15H2,1H3,(H,26,30)/t17-,19-/m1/s1. The fourth-order valence-electron chi connectivity index (χ4n) is 5.14. The molecule has 0 saturated carbocycles. The summed E-state index contributed by atoms with van der Waals surface area (Å²) in [6.07, 6.45) is 1.10. The van der Waals surface area contributed by atoms with Crippen LogP contribution in [0.2, 0.25) is 0 Å². The van der Waals surface area contributed by atoms with Crippen LogP contribution in [0.25, 0.3) is 11.1 Å². The van der Waals surface area contributed by atoms with Crippen LogP contribution in [0.5, 0.6) is 0 Å². The normalized spacial score (nSPS) is 20.1. The number of nitrogens with zero attached hydrogens (tertiary/aromatic N) is 2. The number of furan rings is 1. The Bertz CT molecular complexity index is 1190. The number of hydrogen-bond acceptors (Lipinski definition) is 5. The first-order valence-electron chi connectivity index (χ1n) is 11.0. The number of carbonyl (C=O) groups excluding carboxylic acids is 1. The number of benzene rings is 1. The first-order chi connectivity index (χ1) is 15.5. The number of amides is 1. The zero-order chi connectivity index (χ0) is 22.2. The SMILES string of the molecule is CC(=O)Nc1ccc(-c2ccc3n(c2=O)C[C@@H]2C[C@@H]3CN(Cc3ccc(CO)o3)C2)cc1. The molecule has 166 valence electrons. The number of aliphatic hydroxyl groups excluding tert-OH is 1. The second-order valence-corrected chi connectivity index (χ2v) is 8.87. The minimum atomic E-state index is -0.118. The maximum atomic E-state index is 13.4. The van der Waals surface area contributed by atoms with E-state index in [0.717, 1.165) is 55.3 Å². The molecule has 0 spiro atoms. The Morgan fingerprint density at radius 3 is 2.56 bits per heavy atom. The molecule has 0 aliphatic carbocycles. The Hall–Kier alpha value is -3.16. The minimum absolute atomic E-state index is 0.0524. The highest BCUT2D eigenvalue weighted by Crippen LogP contribution is 2.36. The summed E-state index contributed by atoms with van der Waals surface area (Å²) in [7, 11) is 0. The van der Waals surface area contributed by atoms with E-state index >= 15 is 0 Å². The number of aromatic nitrogens is 1. The average molecular weight is 434 g/mol. The van der Waals surface area contributed by atoms with Gasteiger partial charge in [-0.3, -0.25) is 14.5 Å². The summed E-state index contributed by atoms with van der Waals surface area (Å²) in [5.41, 5.74) is 3.42. The van der Waals surface area contributed by atoms with E-state index in [1.165, 1.54) is 6.92 Å². The highest BCUT2D eigenvalue weighted by Gasteiger charge is 2.35. The topological polar surface area (TPSA) is 87.7 Å². The van der Waals surface area contributed by atoms with E-state index < -0.39 is 0 Å². The Labute approximate surface area is 186 Å². The van der Waals surface area contributed by atoms with Gasteiger partial charge in [0.05, 0.1) is 6.54 Å². The zero-order valence-electron chi connectivity index (χ0n) is 18.1. The summed E-state index contributed by atoms with van der Waals surface area (Å²) in [5, 5.41) is 12.0. The van der Waals surface area contributed by atoms with Gasteiger partial charge in [0.15, 0.2) is 0 Å². The van der Waals surface area contributed by atoms with Gasteiger partial charge < -0.3 is 19.4 Å². The van der Waals surface area contributed by atoms with E-state index in [4.69, 9.17) is 4.42 Å². The van der Waals surface area contributed by atoms with Gasteiger partial charge in [-0.25, -0.2) is 0 Å². The number of fused-ring (bicyclic) bond motifs is 4. The van der Waals surface area contributed by atoms with Crippen LogP contribution in [0.1, 0.15) is 36.5 Å². The number of piperidine rings is 1. The van der Waals surface area contributed by atoms with Crippen LogP contribution in [0.3, 0.4) is 0 Å². The van der Waals surface area contributed by atoms with Gasteiger partial charge in [-0.15, -0.1) is 0 Å². The molecule has 2 atom stereocenters.